The van der Waals surface area contributed by atoms with Crippen LogP contribution in [0.1, 0.15) is 34.3 Å². The van der Waals surface area contributed by atoms with E-state index in [9.17, 15) is 13.2 Å². The lowest BCUT2D eigenvalue weighted by molar-refractivity contribution is 0.0950. The predicted octanol–water partition coefficient (Wildman–Crippen LogP) is 2.99. The van der Waals surface area contributed by atoms with E-state index in [2.05, 4.69) is 10.0 Å². The first-order chi connectivity index (χ1) is 12.8. The average molecular weight is 424 g/mol. The average Bonchev–Trinajstić information content (AvgIpc) is 3.47. The lowest BCUT2D eigenvalue weighted by Crippen LogP contribution is -2.38. The molecular weight excluding hydrogens is 398 g/mol. The molecule has 0 aromatic heterocycles. The largest absolute Gasteiger partial charge is 0.350 e. The van der Waals surface area contributed by atoms with E-state index >= 15 is 0 Å². The van der Waals surface area contributed by atoms with Crippen LogP contribution in [0.5, 0.6) is 0 Å². The highest BCUT2D eigenvalue weighted by Crippen LogP contribution is 2.31. The second kappa shape index (κ2) is 8.94. The first kappa shape index (κ1) is 22.2. The molecule has 3 rings (SSSR count). The zero-order valence-corrected chi connectivity index (χ0v) is 17.6. The van der Waals surface area contributed by atoms with Crippen molar-refractivity contribution in [3.8, 4) is 0 Å². The summed E-state index contributed by atoms with van der Waals surface area (Å²) in [5, 5.41) is 2.82. The van der Waals surface area contributed by atoms with E-state index in [0.717, 1.165) is 24.0 Å². The minimum atomic E-state index is -3.68. The van der Waals surface area contributed by atoms with Crippen LogP contribution in [-0.4, -0.2) is 26.9 Å². The van der Waals surface area contributed by atoms with Gasteiger partial charge < -0.3 is 11.1 Å². The highest BCUT2D eigenvalue weighted by molar-refractivity contribution is 7.92. The molecule has 0 saturated heterocycles. The maximum atomic E-state index is 12.5. The fraction of sp³-hybridized carbons (Fsp3) is 0.350. The monoisotopic (exact) mass is 423 g/mol. The Kier molecular flexibility index (Phi) is 7.09. The van der Waals surface area contributed by atoms with Crippen LogP contribution in [0.2, 0.25) is 0 Å². The summed E-state index contributed by atoms with van der Waals surface area (Å²) in [6.45, 7) is 4.25. The molecule has 1 aliphatic carbocycles. The van der Waals surface area contributed by atoms with Gasteiger partial charge in [-0.05, 0) is 80.1 Å². The molecule has 1 saturated carbocycles. The number of amides is 1. The van der Waals surface area contributed by atoms with Crippen LogP contribution in [0.4, 0.5) is 5.69 Å². The van der Waals surface area contributed by atoms with Gasteiger partial charge in [0.25, 0.3) is 15.9 Å². The van der Waals surface area contributed by atoms with E-state index in [1.54, 1.807) is 42.5 Å². The van der Waals surface area contributed by atoms with Gasteiger partial charge in [0.15, 0.2) is 0 Å². The molecule has 8 heteroatoms. The number of rotatable bonds is 7. The Balaban J connectivity index is 0.00000280. The molecule has 1 fully saturated rings. The fourth-order valence-corrected chi connectivity index (χ4v) is 3.93. The van der Waals surface area contributed by atoms with Crippen molar-refractivity contribution in [2.24, 2.45) is 11.7 Å². The number of benzene rings is 2. The molecule has 0 aliphatic heterocycles. The summed E-state index contributed by atoms with van der Waals surface area (Å²) in [4.78, 5) is 12.4. The zero-order chi connectivity index (χ0) is 19.6. The van der Waals surface area contributed by atoms with Crippen LogP contribution < -0.4 is 15.8 Å². The highest BCUT2D eigenvalue weighted by atomic mass is 35.5. The predicted molar refractivity (Wildman–Crippen MR) is 113 cm³/mol. The number of anilines is 1. The maximum Gasteiger partial charge on any atom is 0.261 e. The first-order valence-corrected chi connectivity index (χ1v) is 10.5. The van der Waals surface area contributed by atoms with E-state index in [1.165, 1.54) is 0 Å². The number of hydrogen-bond acceptors (Lipinski definition) is 4. The summed E-state index contributed by atoms with van der Waals surface area (Å²) in [6.07, 6.45) is 2.26. The minimum absolute atomic E-state index is 0. The van der Waals surface area contributed by atoms with Gasteiger partial charge in [-0.3, -0.25) is 9.52 Å². The van der Waals surface area contributed by atoms with Gasteiger partial charge in [-0.2, -0.15) is 0 Å². The molecule has 0 spiro atoms. The van der Waals surface area contributed by atoms with E-state index in [0.29, 0.717) is 23.7 Å². The van der Waals surface area contributed by atoms with Crippen molar-refractivity contribution < 1.29 is 13.2 Å². The molecule has 0 radical (unpaired) electrons. The van der Waals surface area contributed by atoms with Crippen molar-refractivity contribution in [1.82, 2.24) is 5.32 Å². The third kappa shape index (κ3) is 5.47. The van der Waals surface area contributed by atoms with Gasteiger partial charge in [0.1, 0.15) is 0 Å². The molecular formula is C20H26ClN3O3S. The number of nitrogens with two attached hydrogens (primary N) is 1. The van der Waals surface area contributed by atoms with Gasteiger partial charge in [-0.1, -0.05) is 6.07 Å². The lowest BCUT2D eigenvalue weighted by atomic mass is 10.1. The van der Waals surface area contributed by atoms with Crippen LogP contribution >= 0.6 is 12.4 Å². The quantitative estimate of drug-likeness (QED) is 0.637. The Morgan fingerprint density at radius 2 is 1.75 bits per heavy atom. The van der Waals surface area contributed by atoms with Gasteiger partial charge in [-0.15, -0.1) is 12.4 Å². The van der Waals surface area contributed by atoms with Gasteiger partial charge in [-0.25, -0.2) is 8.42 Å². The number of aryl methyl sites for hydroxylation is 2. The zero-order valence-electron chi connectivity index (χ0n) is 15.9. The SMILES string of the molecule is Cc1ccc(S(=O)(=O)Nc2ccc(C(=O)NCC(N)C3CC3)cc2)cc1C.Cl. The normalized spacial score (nSPS) is 14.7. The highest BCUT2D eigenvalue weighted by Gasteiger charge is 2.28. The van der Waals surface area contributed by atoms with Crippen LogP contribution in [0, 0.1) is 19.8 Å². The Labute approximate surface area is 172 Å². The second-order valence-corrected chi connectivity index (χ2v) is 8.82. The molecule has 152 valence electrons. The van der Waals surface area contributed by atoms with E-state index in [-0.39, 0.29) is 29.3 Å². The third-order valence-corrected chi connectivity index (χ3v) is 6.29. The lowest BCUT2D eigenvalue weighted by Gasteiger charge is -2.12. The third-order valence-electron chi connectivity index (χ3n) is 4.91. The van der Waals surface area contributed by atoms with E-state index < -0.39 is 10.0 Å². The Hall–Kier alpha value is -2.09. The van der Waals surface area contributed by atoms with Gasteiger partial charge in [0.05, 0.1) is 4.90 Å². The summed E-state index contributed by atoms with van der Waals surface area (Å²) in [7, 11) is -3.68. The Morgan fingerprint density at radius 3 is 2.32 bits per heavy atom. The molecule has 2 aromatic carbocycles. The molecule has 0 heterocycles. The fourth-order valence-electron chi connectivity index (χ4n) is 2.79. The molecule has 1 unspecified atom stereocenters. The minimum Gasteiger partial charge on any atom is -0.350 e. The van der Waals surface area contributed by atoms with Crippen LogP contribution in [0.25, 0.3) is 0 Å². The molecule has 28 heavy (non-hydrogen) atoms. The topological polar surface area (TPSA) is 101 Å². The number of halogens is 1. The summed E-state index contributed by atoms with van der Waals surface area (Å²) in [5.41, 5.74) is 8.79. The van der Waals surface area contributed by atoms with Crippen molar-refractivity contribution >= 4 is 34.0 Å². The van der Waals surface area contributed by atoms with Crippen LogP contribution in [-0.2, 0) is 10.0 Å². The van der Waals surface area contributed by atoms with Crippen molar-refractivity contribution in [3.63, 3.8) is 0 Å². The van der Waals surface area contributed by atoms with Gasteiger partial charge >= 0.3 is 0 Å². The Bertz CT molecular complexity index is 942. The van der Waals surface area contributed by atoms with Crippen molar-refractivity contribution in [2.45, 2.75) is 37.6 Å². The number of carbonyl (C=O) groups excluding carboxylic acids is 1. The molecule has 1 amide bonds. The number of carbonyl (C=O) groups is 1. The van der Waals surface area contributed by atoms with Crippen LogP contribution in [0.3, 0.4) is 0 Å². The summed E-state index contributed by atoms with van der Waals surface area (Å²) in [5.74, 6) is 0.308. The van der Waals surface area contributed by atoms with Crippen molar-refractivity contribution in [2.75, 3.05) is 11.3 Å². The van der Waals surface area contributed by atoms with Crippen molar-refractivity contribution in [3.05, 3.63) is 59.2 Å². The molecule has 6 nitrogen and oxygen atoms in total. The Morgan fingerprint density at radius 1 is 1.11 bits per heavy atom. The molecule has 0 bridgehead atoms. The molecule has 2 aromatic rings. The standard InChI is InChI=1S/C20H25N3O3S.ClH/c1-13-3-10-18(11-14(13)2)27(25,26)23-17-8-6-16(7-9-17)20(24)22-12-19(21)15-4-5-15;/h3,6-11,15,19,23H,4-5,12,21H2,1-2H3,(H,22,24);1H. The first-order valence-electron chi connectivity index (χ1n) is 9.00. The number of nitrogens with one attached hydrogen (secondary N) is 2. The van der Waals surface area contributed by atoms with Crippen LogP contribution in [0.15, 0.2) is 47.4 Å². The van der Waals surface area contributed by atoms with E-state index in [1.807, 2.05) is 13.8 Å². The summed E-state index contributed by atoms with van der Waals surface area (Å²) < 4.78 is 27.6. The maximum absolute atomic E-state index is 12.5. The van der Waals surface area contributed by atoms with Gasteiger partial charge in [0, 0.05) is 23.8 Å². The molecule has 1 aliphatic rings. The smallest absolute Gasteiger partial charge is 0.261 e. The van der Waals surface area contributed by atoms with E-state index in [4.69, 9.17) is 5.73 Å². The van der Waals surface area contributed by atoms with Crippen molar-refractivity contribution in [1.29, 1.82) is 0 Å². The summed E-state index contributed by atoms with van der Waals surface area (Å²) >= 11 is 0. The van der Waals surface area contributed by atoms with Gasteiger partial charge in [0.2, 0.25) is 0 Å². The second-order valence-electron chi connectivity index (χ2n) is 7.14. The summed E-state index contributed by atoms with van der Waals surface area (Å²) in [6, 6.07) is 11.3. The number of sulfonamides is 1. The number of hydrogen-bond donors (Lipinski definition) is 3. The molecule has 1 atom stereocenters. The molecule has 4 N–H and O–H groups in total.